The van der Waals surface area contributed by atoms with Gasteiger partial charge in [0.05, 0.1) is 11.7 Å². The maximum atomic E-state index is 10.7. The molecule has 2 saturated carbocycles. The predicted octanol–water partition coefficient (Wildman–Crippen LogP) is 1.92. The van der Waals surface area contributed by atoms with Gasteiger partial charge in [0, 0.05) is 25.0 Å². The Labute approximate surface area is 110 Å². The zero-order valence-electron chi connectivity index (χ0n) is 11.4. The summed E-state index contributed by atoms with van der Waals surface area (Å²) in [7, 11) is 0. The Morgan fingerprint density at radius 2 is 1.72 bits per heavy atom. The molecule has 0 spiro atoms. The quantitative estimate of drug-likeness (QED) is 0.750. The topological polar surface area (TPSA) is 43.7 Å². The van der Waals surface area contributed by atoms with Gasteiger partial charge in [0.2, 0.25) is 0 Å². The van der Waals surface area contributed by atoms with E-state index in [0.717, 1.165) is 38.8 Å². The van der Waals surface area contributed by atoms with E-state index in [9.17, 15) is 10.2 Å². The monoisotopic (exact) mass is 253 g/mol. The highest BCUT2D eigenvalue weighted by Crippen LogP contribution is 2.41. The van der Waals surface area contributed by atoms with E-state index in [4.69, 9.17) is 0 Å². The molecule has 3 nitrogen and oxygen atoms in total. The molecule has 0 amide bonds. The lowest BCUT2D eigenvalue weighted by Crippen LogP contribution is -2.58. The summed E-state index contributed by atoms with van der Waals surface area (Å²) in [4.78, 5) is 2.48. The zero-order valence-corrected chi connectivity index (χ0v) is 11.4. The third kappa shape index (κ3) is 2.33. The normalized spacial score (nSPS) is 46.7. The number of aliphatic hydroxyl groups excluding tert-OH is 1. The highest BCUT2D eigenvalue weighted by molar-refractivity contribution is 4.98. The molecular weight excluding hydrogens is 226 g/mol. The Hall–Kier alpha value is -0.120. The Bertz CT molecular complexity index is 294. The molecule has 3 rings (SSSR count). The molecule has 2 N–H and O–H groups in total. The molecule has 2 unspecified atom stereocenters. The minimum absolute atomic E-state index is 0.131. The van der Waals surface area contributed by atoms with E-state index in [1.807, 2.05) is 0 Å². The van der Waals surface area contributed by atoms with Crippen molar-refractivity contribution in [2.24, 2.45) is 5.92 Å². The van der Waals surface area contributed by atoms with Gasteiger partial charge in [0.1, 0.15) is 0 Å². The molecule has 3 fully saturated rings. The second-order valence-electron chi connectivity index (χ2n) is 6.71. The van der Waals surface area contributed by atoms with Crippen LogP contribution in [-0.4, -0.2) is 45.9 Å². The molecule has 18 heavy (non-hydrogen) atoms. The Morgan fingerprint density at radius 3 is 2.56 bits per heavy atom. The summed E-state index contributed by atoms with van der Waals surface area (Å²) >= 11 is 0. The van der Waals surface area contributed by atoms with E-state index < -0.39 is 0 Å². The molecule has 0 aromatic carbocycles. The molecule has 4 atom stereocenters. The maximum absolute atomic E-state index is 10.7. The van der Waals surface area contributed by atoms with Crippen LogP contribution in [-0.2, 0) is 0 Å². The molecule has 0 radical (unpaired) electrons. The summed E-state index contributed by atoms with van der Waals surface area (Å²) in [6.07, 6.45) is 9.98. The standard InChI is InChI=1S/C15H27NO2/c17-14-7-2-1-6-13(14)16-10-9-15(18)8-4-3-5-12(15)11-16/h12-14,17-18H,1-11H2/t12?,13-,14-,15?/m0/s1. The van der Waals surface area contributed by atoms with Gasteiger partial charge in [-0.3, -0.25) is 4.90 Å². The lowest BCUT2D eigenvalue weighted by Gasteiger charge is -2.50. The van der Waals surface area contributed by atoms with Gasteiger partial charge in [-0.1, -0.05) is 25.7 Å². The summed E-state index contributed by atoms with van der Waals surface area (Å²) in [5, 5.41) is 20.9. The van der Waals surface area contributed by atoms with Crippen LogP contribution in [0.5, 0.6) is 0 Å². The number of likely N-dealkylation sites (tertiary alicyclic amines) is 1. The van der Waals surface area contributed by atoms with Crippen LogP contribution in [0.4, 0.5) is 0 Å². The summed E-state index contributed by atoms with van der Waals surface area (Å²) < 4.78 is 0. The van der Waals surface area contributed by atoms with Gasteiger partial charge in [-0.05, 0) is 32.1 Å². The van der Waals surface area contributed by atoms with Crippen molar-refractivity contribution >= 4 is 0 Å². The molecule has 104 valence electrons. The van der Waals surface area contributed by atoms with Crippen LogP contribution in [0.15, 0.2) is 0 Å². The second kappa shape index (κ2) is 5.10. The van der Waals surface area contributed by atoms with Gasteiger partial charge in [0.25, 0.3) is 0 Å². The van der Waals surface area contributed by atoms with Crippen molar-refractivity contribution in [3.8, 4) is 0 Å². The molecule has 3 aliphatic rings. The summed E-state index contributed by atoms with van der Waals surface area (Å²) in [5.74, 6) is 0.453. The number of aliphatic hydroxyl groups is 2. The van der Waals surface area contributed by atoms with Crippen molar-refractivity contribution in [3.05, 3.63) is 0 Å². The van der Waals surface area contributed by atoms with Gasteiger partial charge >= 0.3 is 0 Å². The van der Waals surface area contributed by atoms with Gasteiger partial charge in [-0.15, -0.1) is 0 Å². The first-order valence-electron chi connectivity index (χ1n) is 7.83. The average Bonchev–Trinajstić information content (AvgIpc) is 2.38. The fourth-order valence-electron chi connectivity index (χ4n) is 4.42. The van der Waals surface area contributed by atoms with Crippen LogP contribution >= 0.6 is 0 Å². The second-order valence-corrected chi connectivity index (χ2v) is 6.71. The van der Waals surface area contributed by atoms with Crippen molar-refractivity contribution in [1.29, 1.82) is 0 Å². The molecule has 1 aliphatic heterocycles. The number of piperidine rings is 1. The van der Waals surface area contributed by atoms with Crippen LogP contribution in [0.25, 0.3) is 0 Å². The Morgan fingerprint density at radius 1 is 0.944 bits per heavy atom. The minimum atomic E-state index is -0.381. The third-order valence-corrected chi connectivity index (χ3v) is 5.62. The average molecular weight is 253 g/mol. The lowest BCUT2D eigenvalue weighted by molar-refractivity contribution is -0.115. The summed E-state index contributed by atoms with van der Waals surface area (Å²) in [6, 6.07) is 0.366. The first kappa shape index (κ1) is 12.9. The van der Waals surface area contributed by atoms with Crippen molar-refractivity contribution < 1.29 is 10.2 Å². The Balaban J connectivity index is 1.65. The fraction of sp³-hybridized carbons (Fsp3) is 1.00. The first-order valence-corrected chi connectivity index (χ1v) is 7.83. The highest BCUT2D eigenvalue weighted by atomic mass is 16.3. The zero-order chi connectivity index (χ0) is 12.6. The van der Waals surface area contributed by atoms with Crippen molar-refractivity contribution in [1.82, 2.24) is 4.90 Å². The molecular formula is C15H27NO2. The van der Waals surface area contributed by atoms with E-state index in [1.165, 1.54) is 32.1 Å². The fourth-order valence-corrected chi connectivity index (χ4v) is 4.42. The van der Waals surface area contributed by atoms with Crippen LogP contribution in [0.3, 0.4) is 0 Å². The minimum Gasteiger partial charge on any atom is -0.391 e. The smallest absolute Gasteiger partial charge is 0.0700 e. The number of nitrogens with zero attached hydrogens (tertiary/aromatic N) is 1. The van der Waals surface area contributed by atoms with Crippen molar-refractivity contribution in [2.45, 2.75) is 75.5 Å². The molecule has 0 aromatic rings. The van der Waals surface area contributed by atoms with Crippen molar-refractivity contribution in [3.63, 3.8) is 0 Å². The number of hydrogen-bond donors (Lipinski definition) is 2. The van der Waals surface area contributed by atoms with Gasteiger partial charge in [-0.2, -0.15) is 0 Å². The largest absolute Gasteiger partial charge is 0.391 e. The predicted molar refractivity (Wildman–Crippen MR) is 71.4 cm³/mol. The molecule has 3 heteroatoms. The van der Waals surface area contributed by atoms with Crippen LogP contribution in [0.2, 0.25) is 0 Å². The SMILES string of the molecule is O[C@H]1CCCC[C@@H]1N1CCC2(O)CCCCC2C1. The number of fused-ring (bicyclic) bond motifs is 1. The van der Waals surface area contributed by atoms with Crippen molar-refractivity contribution in [2.75, 3.05) is 13.1 Å². The van der Waals surface area contributed by atoms with E-state index in [1.54, 1.807) is 0 Å². The molecule has 1 heterocycles. The molecule has 2 aliphatic carbocycles. The van der Waals surface area contributed by atoms with Crippen LogP contribution in [0, 0.1) is 5.92 Å². The van der Waals surface area contributed by atoms with Gasteiger partial charge in [-0.25, -0.2) is 0 Å². The van der Waals surface area contributed by atoms with E-state index >= 15 is 0 Å². The summed E-state index contributed by atoms with van der Waals surface area (Å²) in [5.41, 5.74) is -0.381. The molecule has 1 saturated heterocycles. The lowest BCUT2D eigenvalue weighted by atomic mass is 9.70. The van der Waals surface area contributed by atoms with E-state index in [0.29, 0.717) is 12.0 Å². The third-order valence-electron chi connectivity index (χ3n) is 5.62. The first-order chi connectivity index (χ1) is 8.69. The summed E-state index contributed by atoms with van der Waals surface area (Å²) in [6.45, 7) is 1.99. The maximum Gasteiger partial charge on any atom is 0.0700 e. The van der Waals surface area contributed by atoms with Crippen LogP contribution < -0.4 is 0 Å². The Kier molecular flexibility index (Phi) is 3.65. The van der Waals surface area contributed by atoms with Gasteiger partial charge < -0.3 is 10.2 Å². The highest BCUT2D eigenvalue weighted by Gasteiger charge is 2.44. The number of rotatable bonds is 1. The van der Waals surface area contributed by atoms with E-state index in [2.05, 4.69) is 4.90 Å². The van der Waals surface area contributed by atoms with Gasteiger partial charge in [0.15, 0.2) is 0 Å². The van der Waals surface area contributed by atoms with E-state index in [-0.39, 0.29) is 11.7 Å². The van der Waals surface area contributed by atoms with Crippen LogP contribution in [0.1, 0.15) is 57.8 Å². The molecule has 0 bridgehead atoms. The number of hydrogen-bond acceptors (Lipinski definition) is 3. The molecule has 0 aromatic heterocycles.